The van der Waals surface area contributed by atoms with Crippen molar-refractivity contribution in [3.05, 3.63) is 59.2 Å². The van der Waals surface area contributed by atoms with E-state index in [1.54, 1.807) is 0 Å². The van der Waals surface area contributed by atoms with Gasteiger partial charge in [-0.05, 0) is 62.4 Å². The zero-order valence-electron chi connectivity index (χ0n) is 17.2. The van der Waals surface area contributed by atoms with E-state index in [1.807, 2.05) is 25.1 Å². The summed E-state index contributed by atoms with van der Waals surface area (Å²) in [7, 11) is 0. The number of rotatable bonds is 7. The van der Waals surface area contributed by atoms with Crippen LogP contribution in [0.15, 0.2) is 42.5 Å². The number of ether oxygens (including phenoxy) is 2. The summed E-state index contributed by atoms with van der Waals surface area (Å²) in [5, 5.41) is 3.15. The van der Waals surface area contributed by atoms with Gasteiger partial charge in [-0.3, -0.25) is 4.79 Å². The van der Waals surface area contributed by atoms with Crippen LogP contribution in [0.3, 0.4) is 0 Å². The Morgan fingerprint density at radius 2 is 1.82 bits per heavy atom. The predicted octanol–water partition coefficient (Wildman–Crippen LogP) is 5.17. The van der Waals surface area contributed by atoms with Gasteiger partial charge in [0.25, 0.3) is 0 Å². The minimum absolute atomic E-state index is 0.0405. The lowest BCUT2D eigenvalue weighted by atomic mass is 9.73. The third-order valence-corrected chi connectivity index (χ3v) is 5.57. The van der Waals surface area contributed by atoms with Gasteiger partial charge >= 0.3 is 0 Å². The molecule has 0 unspecified atom stereocenters. The molecule has 0 spiro atoms. The molecule has 2 aromatic rings. The second-order valence-electron chi connectivity index (χ2n) is 7.70. The zero-order chi connectivity index (χ0) is 20.0. The lowest BCUT2D eigenvalue weighted by molar-refractivity contribution is -0.125. The van der Waals surface area contributed by atoms with Gasteiger partial charge in [0.15, 0.2) is 0 Å². The van der Waals surface area contributed by atoms with E-state index in [0.717, 1.165) is 42.0 Å². The molecule has 0 bridgehead atoms. The highest BCUT2D eigenvalue weighted by atomic mass is 16.5. The van der Waals surface area contributed by atoms with Crippen molar-refractivity contribution in [2.45, 2.75) is 51.9 Å². The van der Waals surface area contributed by atoms with Crippen LogP contribution in [0.4, 0.5) is 5.69 Å². The maximum atomic E-state index is 13.4. The normalized spacial score (nSPS) is 15.8. The molecule has 0 saturated carbocycles. The number of hydrogen-bond donors (Lipinski definition) is 1. The molecular formula is C24H31NO3. The van der Waals surface area contributed by atoms with Crippen LogP contribution in [0.2, 0.25) is 0 Å². The van der Waals surface area contributed by atoms with Crippen LogP contribution >= 0.6 is 0 Å². The van der Waals surface area contributed by atoms with Gasteiger partial charge in [0.05, 0.1) is 12.0 Å². The second-order valence-corrected chi connectivity index (χ2v) is 7.70. The van der Waals surface area contributed by atoms with E-state index in [0.29, 0.717) is 26.1 Å². The fourth-order valence-electron chi connectivity index (χ4n) is 3.71. The number of unbranched alkanes of at least 4 members (excludes halogenated alkanes) is 1. The molecule has 1 fully saturated rings. The fourth-order valence-corrected chi connectivity index (χ4v) is 3.71. The van der Waals surface area contributed by atoms with Crippen LogP contribution in [0, 0.1) is 13.8 Å². The van der Waals surface area contributed by atoms with E-state index in [-0.39, 0.29) is 5.91 Å². The second kappa shape index (κ2) is 9.24. The van der Waals surface area contributed by atoms with E-state index >= 15 is 0 Å². The number of anilines is 1. The van der Waals surface area contributed by atoms with Crippen LogP contribution in [0.5, 0.6) is 5.75 Å². The summed E-state index contributed by atoms with van der Waals surface area (Å²) in [6.45, 7) is 8.15. The highest BCUT2D eigenvalue weighted by Crippen LogP contribution is 2.36. The van der Waals surface area contributed by atoms with Crippen molar-refractivity contribution >= 4 is 11.6 Å². The summed E-state index contributed by atoms with van der Waals surface area (Å²) >= 11 is 0. The first-order valence-electron chi connectivity index (χ1n) is 10.2. The number of aryl methyl sites for hydroxylation is 2. The SMILES string of the molecule is CCCCOc1ccc(NC(=O)C2(c3ccc(C)cc3)CCOCC2)cc1C. The molecule has 1 amide bonds. The Morgan fingerprint density at radius 3 is 2.46 bits per heavy atom. The molecule has 1 aliphatic rings. The first-order valence-corrected chi connectivity index (χ1v) is 10.2. The Kier molecular flexibility index (Phi) is 6.74. The Labute approximate surface area is 168 Å². The van der Waals surface area contributed by atoms with E-state index in [1.165, 1.54) is 5.56 Å². The minimum atomic E-state index is -0.545. The van der Waals surface area contributed by atoms with E-state index < -0.39 is 5.41 Å². The Bertz CT molecular complexity index is 792. The average molecular weight is 382 g/mol. The predicted molar refractivity (Wildman–Crippen MR) is 113 cm³/mol. The summed E-state index contributed by atoms with van der Waals surface area (Å²) < 4.78 is 11.4. The topological polar surface area (TPSA) is 47.6 Å². The third-order valence-electron chi connectivity index (χ3n) is 5.57. The first kappa shape index (κ1) is 20.4. The van der Waals surface area contributed by atoms with Crippen molar-refractivity contribution in [3.63, 3.8) is 0 Å². The largest absolute Gasteiger partial charge is 0.493 e. The molecule has 0 atom stereocenters. The van der Waals surface area contributed by atoms with Gasteiger partial charge in [-0.15, -0.1) is 0 Å². The maximum absolute atomic E-state index is 13.4. The standard InChI is InChI=1S/C24H31NO3/c1-4-5-14-28-22-11-10-21(17-19(22)3)25-23(26)24(12-15-27-16-13-24)20-8-6-18(2)7-9-20/h6-11,17H,4-5,12-16H2,1-3H3,(H,25,26). The quantitative estimate of drug-likeness (QED) is 0.673. The van der Waals surface area contributed by atoms with Gasteiger partial charge in [0.1, 0.15) is 5.75 Å². The number of amides is 1. The monoisotopic (exact) mass is 381 g/mol. The molecule has 0 aliphatic carbocycles. The molecule has 4 heteroatoms. The molecular weight excluding hydrogens is 350 g/mol. The highest BCUT2D eigenvalue weighted by Gasteiger charge is 2.41. The van der Waals surface area contributed by atoms with E-state index in [2.05, 4.69) is 43.4 Å². The van der Waals surface area contributed by atoms with Crippen LogP contribution < -0.4 is 10.1 Å². The molecule has 1 N–H and O–H groups in total. The van der Waals surface area contributed by atoms with Crippen LogP contribution in [-0.4, -0.2) is 25.7 Å². The number of carbonyl (C=O) groups excluding carboxylic acids is 1. The summed E-state index contributed by atoms with van der Waals surface area (Å²) in [5.41, 5.74) is 3.56. The summed E-state index contributed by atoms with van der Waals surface area (Å²) in [4.78, 5) is 13.4. The van der Waals surface area contributed by atoms with Gasteiger partial charge < -0.3 is 14.8 Å². The van der Waals surface area contributed by atoms with Gasteiger partial charge in [-0.1, -0.05) is 43.2 Å². The lowest BCUT2D eigenvalue weighted by Crippen LogP contribution is -2.44. The summed E-state index contributed by atoms with van der Waals surface area (Å²) in [6, 6.07) is 14.2. The number of benzene rings is 2. The molecule has 1 aliphatic heterocycles. The molecule has 28 heavy (non-hydrogen) atoms. The Balaban J connectivity index is 1.79. The van der Waals surface area contributed by atoms with Crippen molar-refractivity contribution in [1.82, 2.24) is 0 Å². The van der Waals surface area contributed by atoms with Crippen molar-refractivity contribution in [2.75, 3.05) is 25.1 Å². The Hall–Kier alpha value is -2.33. The molecule has 1 saturated heterocycles. The van der Waals surface area contributed by atoms with Crippen LogP contribution in [-0.2, 0) is 14.9 Å². The number of carbonyl (C=O) groups is 1. The van der Waals surface area contributed by atoms with Gasteiger partial charge in [0, 0.05) is 18.9 Å². The smallest absolute Gasteiger partial charge is 0.235 e. The molecule has 3 rings (SSSR count). The van der Waals surface area contributed by atoms with Crippen LogP contribution in [0.1, 0.15) is 49.3 Å². The number of hydrogen-bond acceptors (Lipinski definition) is 3. The maximum Gasteiger partial charge on any atom is 0.235 e. The van der Waals surface area contributed by atoms with Crippen molar-refractivity contribution in [3.8, 4) is 5.75 Å². The first-order chi connectivity index (χ1) is 13.5. The molecule has 0 aromatic heterocycles. The average Bonchev–Trinajstić information content (AvgIpc) is 2.71. The fraction of sp³-hybridized carbons (Fsp3) is 0.458. The van der Waals surface area contributed by atoms with Crippen molar-refractivity contribution in [1.29, 1.82) is 0 Å². The van der Waals surface area contributed by atoms with Crippen molar-refractivity contribution < 1.29 is 14.3 Å². The van der Waals surface area contributed by atoms with Gasteiger partial charge in [-0.25, -0.2) is 0 Å². The molecule has 0 radical (unpaired) electrons. The van der Waals surface area contributed by atoms with E-state index in [4.69, 9.17) is 9.47 Å². The van der Waals surface area contributed by atoms with Gasteiger partial charge in [-0.2, -0.15) is 0 Å². The number of nitrogens with one attached hydrogen (secondary N) is 1. The molecule has 1 heterocycles. The minimum Gasteiger partial charge on any atom is -0.493 e. The molecule has 150 valence electrons. The van der Waals surface area contributed by atoms with E-state index in [9.17, 15) is 4.79 Å². The molecule has 4 nitrogen and oxygen atoms in total. The third kappa shape index (κ3) is 4.56. The zero-order valence-corrected chi connectivity index (χ0v) is 17.2. The molecule has 2 aromatic carbocycles. The van der Waals surface area contributed by atoms with Crippen molar-refractivity contribution in [2.24, 2.45) is 0 Å². The highest BCUT2D eigenvalue weighted by molar-refractivity contribution is 5.99. The Morgan fingerprint density at radius 1 is 1.11 bits per heavy atom. The summed E-state index contributed by atoms with van der Waals surface area (Å²) in [5.74, 6) is 0.921. The lowest BCUT2D eigenvalue weighted by Gasteiger charge is -2.36. The van der Waals surface area contributed by atoms with Gasteiger partial charge in [0.2, 0.25) is 5.91 Å². The van der Waals surface area contributed by atoms with Crippen LogP contribution in [0.25, 0.3) is 0 Å². The summed E-state index contributed by atoms with van der Waals surface area (Å²) in [6.07, 6.45) is 3.54.